The fourth-order valence-electron chi connectivity index (χ4n) is 2.36. The van der Waals surface area contributed by atoms with Crippen molar-refractivity contribution in [2.45, 2.75) is 25.0 Å². The smallest absolute Gasteiger partial charge is 0.134 e. The summed E-state index contributed by atoms with van der Waals surface area (Å²) in [6.45, 7) is 0. The molecule has 0 radical (unpaired) electrons. The molecule has 0 spiro atoms. The maximum atomic E-state index is 10.2. The zero-order valence-corrected chi connectivity index (χ0v) is 9.47. The van der Waals surface area contributed by atoms with Gasteiger partial charge in [-0.2, -0.15) is 0 Å². The largest absolute Gasteiger partial charge is 0.467 e. The Kier molecular flexibility index (Phi) is 2.61. The molecule has 0 bridgehead atoms. The molecular formula is C14H15NO2. The van der Waals surface area contributed by atoms with Crippen LogP contribution in [0.3, 0.4) is 0 Å². The number of nitrogens with one attached hydrogen (secondary N) is 1. The van der Waals surface area contributed by atoms with Gasteiger partial charge >= 0.3 is 0 Å². The van der Waals surface area contributed by atoms with Crippen LogP contribution in [0.25, 0.3) is 0 Å². The maximum Gasteiger partial charge on any atom is 0.134 e. The lowest BCUT2D eigenvalue weighted by molar-refractivity contribution is 0.123. The second kappa shape index (κ2) is 4.26. The van der Waals surface area contributed by atoms with Crippen molar-refractivity contribution in [3.63, 3.8) is 0 Å². The summed E-state index contributed by atoms with van der Waals surface area (Å²) in [5.41, 5.74) is 2.43. The monoisotopic (exact) mass is 229 g/mol. The van der Waals surface area contributed by atoms with Gasteiger partial charge in [-0.05, 0) is 36.6 Å². The minimum atomic E-state index is -0.585. The number of fused-ring (bicyclic) bond motifs is 1. The number of hydrogen-bond acceptors (Lipinski definition) is 3. The molecule has 2 N–H and O–H groups in total. The fraction of sp³-hybridized carbons (Fsp3) is 0.286. The molecular weight excluding hydrogens is 214 g/mol. The van der Waals surface area contributed by atoms with Gasteiger partial charge in [-0.25, -0.2) is 0 Å². The molecule has 0 saturated heterocycles. The van der Waals surface area contributed by atoms with Crippen LogP contribution in [0.15, 0.2) is 47.1 Å². The van der Waals surface area contributed by atoms with E-state index in [1.54, 1.807) is 12.3 Å². The van der Waals surface area contributed by atoms with Crippen LogP contribution in [-0.2, 0) is 6.42 Å². The molecule has 2 heterocycles. The van der Waals surface area contributed by atoms with E-state index in [4.69, 9.17) is 4.42 Å². The molecule has 1 aromatic carbocycles. The van der Waals surface area contributed by atoms with Gasteiger partial charge in [-0.1, -0.05) is 18.2 Å². The van der Waals surface area contributed by atoms with Crippen molar-refractivity contribution >= 4 is 5.69 Å². The highest BCUT2D eigenvalue weighted by Gasteiger charge is 2.26. The first-order valence-corrected chi connectivity index (χ1v) is 5.90. The molecule has 2 aromatic rings. The molecule has 0 aliphatic carbocycles. The molecule has 2 atom stereocenters. The molecule has 1 aliphatic rings. The van der Waals surface area contributed by atoms with Crippen molar-refractivity contribution < 1.29 is 9.52 Å². The molecule has 17 heavy (non-hydrogen) atoms. The lowest BCUT2D eigenvalue weighted by atomic mass is 9.94. The van der Waals surface area contributed by atoms with Crippen molar-refractivity contribution in [1.82, 2.24) is 0 Å². The first kappa shape index (κ1) is 10.4. The first-order chi connectivity index (χ1) is 8.34. The first-order valence-electron chi connectivity index (χ1n) is 5.90. The van der Waals surface area contributed by atoms with E-state index in [0.717, 1.165) is 18.5 Å². The Morgan fingerprint density at radius 2 is 2.12 bits per heavy atom. The Hall–Kier alpha value is -1.74. The molecule has 3 nitrogen and oxygen atoms in total. The number of anilines is 1. The van der Waals surface area contributed by atoms with Gasteiger partial charge in [0.25, 0.3) is 0 Å². The van der Waals surface area contributed by atoms with Crippen molar-refractivity contribution in [2.75, 3.05) is 5.32 Å². The van der Waals surface area contributed by atoms with Gasteiger partial charge in [0, 0.05) is 5.69 Å². The van der Waals surface area contributed by atoms with Crippen LogP contribution < -0.4 is 5.32 Å². The normalized spacial score (nSPS) is 20.4. The van der Waals surface area contributed by atoms with Gasteiger partial charge in [-0.15, -0.1) is 0 Å². The van der Waals surface area contributed by atoms with Gasteiger partial charge in [0.1, 0.15) is 11.9 Å². The molecule has 3 heteroatoms. The van der Waals surface area contributed by atoms with Gasteiger partial charge < -0.3 is 14.8 Å². The van der Waals surface area contributed by atoms with E-state index in [1.165, 1.54) is 5.56 Å². The van der Waals surface area contributed by atoms with E-state index < -0.39 is 6.10 Å². The number of hydrogen-bond donors (Lipinski definition) is 2. The van der Waals surface area contributed by atoms with E-state index in [2.05, 4.69) is 17.4 Å². The minimum absolute atomic E-state index is 0.0241. The van der Waals surface area contributed by atoms with Crippen LogP contribution in [0.5, 0.6) is 0 Å². The SMILES string of the molecule is OC(c1ccco1)C1CCc2ccccc2N1. The second-order valence-corrected chi connectivity index (χ2v) is 4.41. The summed E-state index contributed by atoms with van der Waals surface area (Å²) in [4.78, 5) is 0. The third-order valence-electron chi connectivity index (χ3n) is 3.30. The number of para-hydroxylation sites is 1. The highest BCUT2D eigenvalue weighted by Crippen LogP contribution is 2.30. The van der Waals surface area contributed by atoms with Crippen molar-refractivity contribution in [1.29, 1.82) is 0 Å². The van der Waals surface area contributed by atoms with Crippen LogP contribution in [0.1, 0.15) is 23.8 Å². The molecule has 0 saturated carbocycles. The lowest BCUT2D eigenvalue weighted by Crippen LogP contribution is -2.31. The van der Waals surface area contributed by atoms with E-state index in [9.17, 15) is 5.11 Å². The quantitative estimate of drug-likeness (QED) is 0.832. The second-order valence-electron chi connectivity index (χ2n) is 4.41. The van der Waals surface area contributed by atoms with Crippen LogP contribution in [0.2, 0.25) is 0 Å². The van der Waals surface area contributed by atoms with Crippen molar-refractivity contribution in [2.24, 2.45) is 0 Å². The summed E-state index contributed by atoms with van der Waals surface area (Å²) in [6.07, 6.45) is 2.91. The topological polar surface area (TPSA) is 45.4 Å². The van der Waals surface area contributed by atoms with Crippen molar-refractivity contribution in [3.8, 4) is 0 Å². The summed E-state index contributed by atoms with van der Waals surface area (Å²) >= 11 is 0. The maximum absolute atomic E-state index is 10.2. The summed E-state index contributed by atoms with van der Waals surface area (Å²) in [6, 6.07) is 11.9. The number of furan rings is 1. The number of aliphatic hydroxyl groups excluding tert-OH is 1. The average Bonchev–Trinajstić information content (AvgIpc) is 2.91. The highest BCUT2D eigenvalue weighted by atomic mass is 16.4. The predicted octanol–water partition coefficient (Wildman–Crippen LogP) is 2.74. The van der Waals surface area contributed by atoms with E-state index in [-0.39, 0.29) is 6.04 Å². The molecule has 2 unspecified atom stereocenters. The van der Waals surface area contributed by atoms with Crippen LogP contribution in [0, 0.1) is 0 Å². The molecule has 0 amide bonds. The third-order valence-corrected chi connectivity index (χ3v) is 3.30. The molecule has 88 valence electrons. The fourth-order valence-corrected chi connectivity index (χ4v) is 2.36. The van der Waals surface area contributed by atoms with Crippen molar-refractivity contribution in [3.05, 3.63) is 54.0 Å². The average molecular weight is 229 g/mol. The summed E-state index contributed by atoms with van der Waals surface area (Å²) in [5, 5.41) is 13.6. The van der Waals surface area contributed by atoms with Gasteiger partial charge in [0.05, 0.1) is 12.3 Å². The van der Waals surface area contributed by atoms with Crippen LogP contribution >= 0.6 is 0 Å². The Labute approximate surface area is 100 Å². The minimum Gasteiger partial charge on any atom is -0.467 e. The zero-order valence-electron chi connectivity index (χ0n) is 9.47. The molecule has 1 aromatic heterocycles. The Balaban J connectivity index is 1.80. The summed E-state index contributed by atoms with van der Waals surface area (Å²) < 4.78 is 5.25. The Morgan fingerprint density at radius 3 is 2.94 bits per heavy atom. The van der Waals surface area contributed by atoms with E-state index in [0.29, 0.717) is 5.76 Å². The van der Waals surface area contributed by atoms with Gasteiger partial charge in [0.2, 0.25) is 0 Å². The predicted molar refractivity (Wildman–Crippen MR) is 65.8 cm³/mol. The number of aryl methyl sites for hydroxylation is 1. The Morgan fingerprint density at radius 1 is 1.24 bits per heavy atom. The van der Waals surface area contributed by atoms with E-state index in [1.807, 2.05) is 18.2 Å². The summed E-state index contributed by atoms with van der Waals surface area (Å²) in [7, 11) is 0. The Bertz CT molecular complexity index is 493. The number of rotatable bonds is 2. The zero-order chi connectivity index (χ0) is 11.7. The number of benzene rings is 1. The molecule has 3 rings (SSSR count). The van der Waals surface area contributed by atoms with Gasteiger partial charge in [-0.3, -0.25) is 0 Å². The standard InChI is InChI=1S/C14H15NO2/c16-14(13-6-3-9-17-13)12-8-7-10-4-1-2-5-11(10)15-12/h1-6,9,12,14-16H,7-8H2. The molecule has 1 aliphatic heterocycles. The third kappa shape index (κ3) is 1.94. The van der Waals surface area contributed by atoms with E-state index >= 15 is 0 Å². The summed E-state index contributed by atoms with van der Waals surface area (Å²) in [5.74, 6) is 0.627. The van der Waals surface area contributed by atoms with Crippen LogP contribution in [-0.4, -0.2) is 11.1 Å². The lowest BCUT2D eigenvalue weighted by Gasteiger charge is -2.29. The van der Waals surface area contributed by atoms with Crippen LogP contribution in [0.4, 0.5) is 5.69 Å². The van der Waals surface area contributed by atoms with Gasteiger partial charge in [0.15, 0.2) is 0 Å². The molecule has 0 fully saturated rings. The highest BCUT2D eigenvalue weighted by molar-refractivity contribution is 5.54. The number of aliphatic hydroxyl groups is 1.